The molecule has 2 aromatic heterocycles. The van der Waals surface area contributed by atoms with E-state index in [-0.39, 0.29) is 0 Å². The highest BCUT2D eigenvalue weighted by atomic mass is 15.0. The number of hydrogen-bond acceptors (Lipinski definition) is 3. The Labute approximate surface area is 287 Å². The molecule has 5 heteroatoms. The summed E-state index contributed by atoms with van der Waals surface area (Å²) in [4.78, 5) is 0. The Balaban J connectivity index is 1.30. The lowest BCUT2D eigenvalue weighted by molar-refractivity contribution is 1.18. The second-order valence-electron chi connectivity index (χ2n) is 12.3. The van der Waals surface area contributed by atoms with Gasteiger partial charge in [-0.3, -0.25) is 0 Å². The molecule has 0 unspecified atom stereocenters. The van der Waals surface area contributed by atoms with E-state index >= 15 is 0 Å². The Hall–Kier alpha value is -7.39. The van der Waals surface area contributed by atoms with Crippen LogP contribution >= 0.6 is 0 Å². The molecule has 0 saturated heterocycles. The van der Waals surface area contributed by atoms with Crippen molar-refractivity contribution in [2.45, 2.75) is 0 Å². The number of benzene rings is 7. The van der Waals surface area contributed by atoms with Gasteiger partial charge in [0.25, 0.3) is 0 Å². The van der Waals surface area contributed by atoms with Gasteiger partial charge in [0.05, 0.1) is 62.7 Å². The van der Waals surface area contributed by atoms with E-state index in [9.17, 15) is 15.8 Å². The molecule has 0 aliphatic rings. The smallest absolute Gasteiger partial charge is 0.0998 e. The van der Waals surface area contributed by atoms with Crippen LogP contribution < -0.4 is 0 Å². The topological polar surface area (TPSA) is 81.2 Å². The van der Waals surface area contributed by atoms with Gasteiger partial charge in [-0.1, -0.05) is 84.9 Å². The molecule has 0 bridgehead atoms. The summed E-state index contributed by atoms with van der Waals surface area (Å²) in [5, 5.41) is 34.2. The van der Waals surface area contributed by atoms with Crippen molar-refractivity contribution in [3.63, 3.8) is 0 Å². The van der Waals surface area contributed by atoms with E-state index in [1.165, 1.54) is 10.8 Å². The normalized spacial score (nSPS) is 11.1. The summed E-state index contributed by atoms with van der Waals surface area (Å²) in [6.45, 7) is 0. The highest BCUT2D eigenvalue weighted by molar-refractivity contribution is 6.11. The van der Waals surface area contributed by atoms with Gasteiger partial charge in [0.1, 0.15) is 0 Å². The van der Waals surface area contributed by atoms with Crippen LogP contribution in [-0.4, -0.2) is 9.13 Å². The van der Waals surface area contributed by atoms with Crippen molar-refractivity contribution in [2.75, 3.05) is 0 Å². The first kappa shape index (κ1) is 28.8. The van der Waals surface area contributed by atoms with E-state index in [1.54, 1.807) is 0 Å². The van der Waals surface area contributed by atoms with Crippen molar-refractivity contribution in [1.82, 2.24) is 9.13 Å². The van der Waals surface area contributed by atoms with Gasteiger partial charge in [-0.25, -0.2) is 0 Å². The lowest BCUT2D eigenvalue weighted by Gasteiger charge is -2.18. The zero-order valence-electron chi connectivity index (χ0n) is 26.7. The summed E-state index contributed by atoms with van der Waals surface area (Å²) in [5.74, 6) is 0. The van der Waals surface area contributed by atoms with Crippen LogP contribution in [0.4, 0.5) is 0 Å². The standard InChI is InChI=1S/C45H25N5/c46-26-29-18-22-44-40(23-29)38-21-17-30(27-47)24-45(38)50(44)43-16-8-3-11-35(43)33-9-1-2-10-34(33)39-25-32(20-19-31(39)28-48)49-41-14-6-4-12-36(41)37-13-5-7-15-42(37)49/h1-25H. The van der Waals surface area contributed by atoms with Gasteiger partial charge in [0.2, 0.25) is 0 Å². The van der Waals surface area contributed by atoms with Crippen LogP contribution in [0.1, 0.15) is 16.7 Å². The molecule has 0 aliphatic heterocycles. The van der Waals surface area contributed by atoms with Gasteiger partial charge in [-0.2, -0.15) is 15.8 Å². The molecule has 0 amide bonds. The summed E-state index contributed by atoms with van der Waals surface area (Å²) in [6.07, 6.45) is 0. The molecule has 50 heavy (non-hydrogen) atoms. The molecule has 9 aromatic rings. The van der Waals surface area contributed by atoms with Gasteiger partial charge in [-0.15, -0.1) is 0 Å². The second-order valence-corrected chi connectivity index (χ2v) is 12.3. The summed E-state index contributed by atoms with van der Waals surface area (Å²) in [7, 11) is 0. The molecule has 0 saturated carbocycles. The maximum Gasteiger partial charge on any atom is 0.0998 e. The maximum atomic E-state index is 10.4. The summed E-state index contributed by atoms with van der Waals surface area (Å²) < 4.78 is 4.45. The molecule has 230 valence electrons. The minimum atomic E-state index is 0.556. The van der Waals surface area contributed by atoms with E-state index in [4.69, 9.17) is 0 Å². The molecule has 0 N–H and O–H groups in total. The number of aromatic nitrogens is 2. The molecular weight excluding hydrogens is 611 g/mol. The lowest BCUT2D eigenvalue weighted by atomic mass is 9.91. The average molecular weight is 636 g/mol. The molecule has 0 aliphatic carbocycles. The lowest BCUT2D eigenvalue weighted by Crippen LogP contribution is -1.99. The van der Waals surface area contributed by atoms with Crippen LogP contribution in [0.5, 0.6) is 0 Å². The fraction of sp³-hybridized carbons (Fsp3) is 0. The van der Waals surface area contributed by atoms with Crippen molar-refractivity contribution in [2.24, 2.45) is 0 Å². The Bertz CT molecular complexity index is 2920. The first-order valence-electron chi connectivity index (χ1n) is 16.3. The number of nitriles is 3. The Morgan fingerprint density at radius 3 is 1.62 bits per heavy atom. The van der Waals surface area contributed by atoms with Gasteiger partial charge in [-0.05, 0) is 77.9 Å². The summed E-state index contributed by atoms with van der Waals surface area (Å²) >= 11 is 0. The first-order chi connectivity index (χ1) is 24.7. The molecular formula is C45H25N5. The fourth-order valence-corrected chi connectivity index (χ4v) is 7.46. The third kappa shape index (κ3) is 4.31. The molecule has 0 atom stereocenters. The SMILES string of the molecule is N#Cc1ccc2c(c1)c1ccc(C#N)cc1n2-c1ccccc1-c1ccccc1-c1cc(-n2c3ccccc3c3ccccc32)ccc1C#N. The van der Waals surface area contributed by atoms with Crippen molar-refractivity contribution in [3.8, 4) is 51.8 Å². The minimum absolute atomic E-state index is 0.556. The zero-order valence-corrected chi connectivity index (χ0v) is 26.7. The minimum Gasteiger partial charge on any atom is -0.309 e. The average Bonchev–Trinajstić information content (AvgIpc) is 3.69. The quantitative estimate of drug-likeness (QED) is 0.193. The molecule has 7 aromatic carbocycles. The summed E-state index contributed by atoms with van der Waals surface area (Å²) in [6, 6.07) is 57.8. The number of nitrogens with zero attached hydrogens (tertiary/aromatic N) is 5. The van der Waals surface area contributed by atoms with Crippen LogP contribution in [-0.2, 0) is 0 Å². The van der Waals surface area contributed by atoms with Gasteiger partial charge >= 0.3 is 0 Å². The van der Waals surface area contributed by atoms with Crippen LogP contribution in [0.2, 0.25) is 0 Å². The van der Waals surface area contributed by atoms with E-state index in [1.807, 2.05) is 72.8 Å². The molecule has 9 rings (SSSR count). The Morgan fingerprint density at radius 1 is 0.360 bits per heavy atom. The van der Waals surface area contributed by atoms with Crippen molar-refractivity contribution in [1.29, 1.82) is 15.8 Å². The van der Waals surface area contributed by atoms with E-state index in [0.29, 0.717) is 16.7 Å². The molecule has 0 radical (unpaired) electrons. The third-order valence-electron chi connectivity index (χ3n) is 9.64. The Kier molecular flexibility index (Phi) is 6.56. The van der Waals surface area contributed by atoms with Crippen molar-refractivity contribution < 1.29 is 0 Å². The zero-order chi connectivity index (χ0) is 33.8. The van der Waals surface area contributed by atoms with Crippen LogP contribution in [0, 0.1) is 34.0 Å². The monoisotopic (exact) mass is 635 g/mol. The van der Waals surface area contributed by atoms with Crippen molar-refractivity contribution >= 4 is 43.6 Å². The fourth-order valence-electron chi connectivity index (χ4n) is 7.46. The van der Waals surface area contributed by atoms with Gasteiger partial charge in [0.15, 0.2) is 0 Å². The van der Waals surface area contributed by atoms with Crippen molar-refractivity contribution in [3.05, 3.63) is 168 Å². The number of para-hydroxylation sites is 3. The predicted molar refractivity (Wildman–Crippen MR) is 200 cm³/mol. The highest BCUT2D eigenvalue weighted by Gasteiger charge is 2.20. The largest absolute Gasteiger partial charge is 0.309 e. The van der Waals surface area contributed by atoms with Gasteiger partial charge < -0.3 is 9.13 Å². The molecule has 2 heterocycles. The number of fused-ring (bicyclic) bond motifs is 6. The van der Waals surface area contributed by atoms with E-state index in [2.05, 4.69) is 106 Å². The van der Waals surface area contributed by atoms with Crippen LogP contribution in [0.3, 0.4) is 0 Å². The van der Waals surface area contributed by atoms with E-state index in [0.717, 1.165) is 66.5 Å². The highest BCUT2D eigenvalue weighted by Crippen LogP contribution is 2.42. The van der Waals surface area contributed by atoms with Crippen LogP contribution in [0.15, 0.2) is 152 Å². The van der Waals surface area contributed by atoms with Crippen LogP contribution in [0.25, 0.3) is 77.2 Å². The number of hydrogen-bond donors (Lipinski definition) is 0. The maximum absolute atomic E-state index is 10.4. The number of rotatable bonds is 4. The third-order valence-corrected chi connectivity index (χ3v) is 9.64. The molecule has 0 spiro atoms. The first-order valence-corrected chi connectivity index (χ1v) is 16.3. The van der Waals surface area contributed by atoms with Gasteiger partial charge in [0, 0.05) is 38.4 Å². The Morgan fingerprint density at radius 2 is 0.920 bits per heavy atom. The summed E-state index contributed by atoms with van der Waals surface area (Å²) in [5.41, 5.74) is 11.3. The molecule has 0 fully saturated rings. The second kappa shape index (κ2) is 11.4. The predicted octanol–water partition coefficient (Wildman–Crippen LogP) is 10.8. The van der Waals surface area contributed by atoms with E-state index < -0.39 is 0 Å². The molecule has 5 nitrogen and oxygen atoms in total.